The number of phenols is 1. The Morgan fingerprint density at radius 2 is 0.782 bits per heavy atom. The third kappa shape index (κ3) is 14.8. The summed E-state index contributed by atoms with van der Waals surface area (Å²) in [5.41, 5.74) is 10.1. The number of ketones is 1. The van der Waals surface area contributed by atoms with Crippen LogP contribution in [0.2, 0.25) is 0 Å². The SMILES string of the molecule is CC(C)(C)C1=CC(=C[C@@H](/C(=C\c2cc(C(C)(C)C)c(O)c(C(C)(C)C)c2)c2cc(OCc3ccccc3)cc(OCc3ccccc3)c2)c2cc(OCc3ccccc3)cc(OCc3ccccc3)c2)C=C(C(C)(C)C)C1=O. The van der Waals surface area contributed by atoms with Gasteiger partial charge in [-0.05, 0) is 120 Å². The van der Waals surface area contributed by atoms with Crippen molar-refractivity contribution in [3.05, 3.63) is 255 Å². The van der Waals surface area contributed by atoms with Gasteiger partial charge in [-0.25, -0.2) is 0 Å². The fourth-order valence-electron chi connectivity index (χ4n) is 9.64. The molecule has 1 aliphatic rings. The highest BCUT2D eigenvalue weighted by atomic mass is 16.5. The number of allylic oxidation sites excluding steroid dienone is 7. The lowest BCUT2D eigenvalue weighted by atomic mass is 9.71. The van der Waals surface area contributed by atoms with E-state index >= 15 is 0 Å². The summed E-state index contributed by atoms with van der Waals surface area (Å²) in [6.45, 7) is 26.8. The first-order valence-corrected chi connectivity index (χ1v) is 27.3. The highest BCUT2D eigenvalue weighted by Crippen LogP contribution is 2.46. The smallest absolute Gasteiger partial charge is 0.186 e. The molecule has 0 heterocycles. The van der Waals surface area contributed by atoms with E-state index in [1.807, 2.05) is 84.9 Å². The lowest BCUT2D eigenvalue weighted by molar-refractivity contribution is -0.114. The molecule has 0 unspecified atom stereocenters. The minimum absolute atomic E-state index is 0.0596. The van der Waals surface area contributed by atoms with Gasteiger partial charge in [-0.15, -0.1) is 0 Å². The number of hydrogen-bond acceptors (Lipinski definition) is 6. The van der Waals surface area contributed by atoms with Crippen molar-refractivity contribution in [2.24, 2.45) is 10.8 Å². The standard InChI is InChI=1S/C72H78O6/c1-69(2,3)63-35-53(36-64(67(63)73)70(4,5)6)33-61(55-39-57(75-45-49-25-17-13-18-26-49)43-58(40-55)76-46-50-27-19-14-20-28-50)62(34-54-37-65(71(7,8)9)68(74)66(38-54)72(10,11)12)56-41-59(77-47-51-29-21-15-22-30-51)44-60(42-56)78-48-52-31-23-16-24-32-52/h13-44,61,74H,45-48H2,1-12H3/b62-34-/t61-/m1/s1. The highest BCUT2D eigenvalue weighted by Gasteiger charge is 2.35. The Bertz CT molecular complexity index is 3120. The molecule has 0 spiro atoms. The second-order valence-corrected chi connectivity index (χ2v) is 24.7. The number of carbonyl (C=O) groups is 1. The highest BCUT2D eigenvalue weighted by molar-refractivity contribution is 6.12. The van der Waals surface area contributed by atoms with Crippen molar-refractivity contribution in [2.75, 3.05) is 0 Å². The van der Waals surface area contributed by atoms with E-state index in [0.717, 1.165) is 72.4 Å². The molecule has 1 N–H and O–H groups in total. The van der Waals surface area contributed by atoms with Gasteiger partial charge in [0.1, 0.15) is 55.2 Å². The predicted octanol–water partition coefficient (Wildman–Crippen LogP) is 18.1. The maximum Gasteiger partial charge on any atom is 0.186 e. The van der Waals surface area contributed by atoms with Gasteiger partial charge in [0.15, 0.2) is 5.78 Å². The quantitative estimate of drug-likeness (QED) is 0.0916. The van der Waals surface area contributed by atoms with Crippen LogP contribution in [-0.4, -0.2) is 10.9 Å². The molecule has 78 heavy (non-hydrogen) atoms. The molecule has 0 saturated carbocycles. The number of carbonyl (C=O) groups excluding carboxylic acids is 1. The van der Waals surface area contributed by atoms with E-state index in [1.165, 1.54) is 0 Å². The van der Waals surface area contributed by atoms with Gasteiger partial charge < -0.3 is 24.1 Å². The van der Waals surface area contributed by atoms with Gasteiger partial charge in [-0.1, -0.05) is 217 Å². The molecule has 7 aromatic carbocycles. The lowest BCUT2D eigenvalue weighted by Crippen LogP contribution is -2.28. The number of Topliss-reactive ketones (excluding diaryl/α,β-unsaturated/α-hetero) is 1. The van der Waals surface area contributed by atoms with E-state index in [0.29, 0.717) is 55.2 Å². The first-order valence-electron chi connectivity index (χ1n) is 27.3. The van der Waals surface area contributed by atoms with E-state index in [4.69, 9.17) is 18.9 Å². The Morgan fingerprint density at radius 1 is 0.449 bits per heavy atom. The fourth-order valence-corrected chi connectivity index (χ4v) is 9.64. The first kappa shape index (κ1) is 56.4. The van der Waals surface area contributed by atoms with E-state index in [2.05, 4.69) is 192 Å². The molecular formula is C72H78O6. The molecule has 402 valence electrons. The van der Waals surface area contributed by atoms with Crippen molar-refractivity contribution in [1.82, 2.24) is 0 Å². The zero-order valence-electron chi connectivity index (χ0n) is 47.9. The molecule has 0 bridgehead atoms. The molecule has 0 aliphatic heterocycles. The van der Waals surface area contributed by atoms with Crippen LogP contribution in [-0.2, 0) is 42.1 Å². The van der Waals surface area contributed by atoms with Crippen molar-refractivity contribution in [2.45, 2.75) is 126 Å². The summed E-state index contributed by atoms with van der Waals surface area (Å²) in [7, 11) is 0. The predicted molar refractivity (Wildman–Crippen MR) is 320 cm³/mol. The third-order valence-electron chi connectivity index (χ3n) is 14.0. The zero-order chi connectivity index (χ0) is 55.8. The molecule has 0 amide bonds. The molecule has 0 aromatic heterocycles. The average molecular weight is 1040 g/mol. The molecule has 6 nitrogen and oxygen atoms in total. The molecule has 1 aliphatic carbocycles. The molecule has 6 heteroatoms. The minimum atomic E-state index is -0.529. The van der Waals surface area contributed by atoms with Crippen molar-refractivity contribution < 1.29 is 28.8 Å². The van der Waals surface area contributed by atoms with E-state index in [1.54, 1.807) is 0 Å². The van der Waals surface area contributed by atoms with Crippen LogP contribution in [0, 0.1) is 10.8 Å². The van der Waals surface area contributed by atoms with Crippen molar-refractivity contribution >= 4 is 17.4 Å². The Balaban J connectivity index is 1.46. The second-order valence-electron chi connectivity index (χ2n) is 24.7. The van der Waals surface area contributed by atoms with Gasteiger partial charge in [0.2, 0.25) is 0 Å². The maximum absolute atomic E-state index is 14.6. The molecule has 0 saturated heterocycles. The summed E-state index contributed by atoms with van der Waals surface area (Å²) < 4.78 is 27.0. The number of aromatic hydroxyl groups is 1. The summed E-state index contributed by atoms with van der Waals surface area (Å²) in [4.78, 5) is 14.6. The van der Waals surface area contributed by atoms with Gasteiger partial charge in [-0.2, -0.15) is 0 Å². The minimum Gasteiger partial charge on any atom is -0.507 e. The van der Waals surface area contributed by atoms with Crippen LogP contribution >= 0.6 is 0 Å². The van der Waals surface area contributed by atoms with E-state index in [-0.39, 0.29) is 5.78 Å². The molecular weight excluding hydrogens is 961 g/mol. The molecule has 0 radical (unpaired) electrons. The summed E-state index contributed by atoms with van der Waals surface area (Å²) >= 11 is 0. The summed E-state index contributed by atoms with van der Waals surface area (Å²) in [5.74, 6) is 2.37. The molecule has 8 rings (SSSR count). The van der Waals surface area contributed by atoms with Gasteiger partial charge in [0, 0.05) is 40.3 Å². The van der Waals surface area contributed by atoms with Crippen molar-refractivity contribution in [1.29, 1.82) is 0 Å². The Hall–Kier alpha value is -7.83. The lowest BCUT2D eigenvalue weighted by Gasteiger charge is -2.32. The summed E-state index contributed by atoms with van der Waals surface area (Å²) in [6, 6.07) is 57.3. The van der Waals surface area contributed by atoms with Crippen LogP contribution in [0.25, 0.3) is 11.6 Å². The normalized spacial score (nSPS) is 13.8. The number of rotatable bonds is 17. The van der Waals surface area contributed by atoms with Gasteiger partial charge >= 0.3 is 0 Å². The summed E-state index contributed by atoms with van der Waals surface area (Å²) in [6.07, 6.45) is 8.69. The van der Waals surface area contributed by atoms with Crippen LogP contribution in [0.4, 0.5) is 0 Å². The second kappa shape index (κ2) is 23.8. The zero-order valence-corrected chi connectivity index (χ0v) is 47.9. The fraction of sp³-hybridized carbons (Fsp3) is 0.292. The Kier molecular flexibility index (Phi) is 17.2. The van der Waals surface area contributed by atoms with Gasteiger partial charge in [0.25, 0.3) is 0 Å². The van der Waals surface area contributed by atoms with Crippen LogP contribution in [0.3, 0.4) is 0 Å². The van der Waals surface area contributed by atoms with E-state index in [9.17, 15) is 9.90 Å². The molecule has 1 atom stereocenters. The average Bonchev–Trinajstić information content (AvgIpc) is 3.42. The Morgan fingerprint density at radius 3 is 1.10 bits per heavy atom. The van der Waals surface area contributed by atoms with Crippen LogP contribution in [0.1, 0.15) is 139 Å². The van der Waals surface area contributed by atoms with Crippen LogP contribution < -0.4 is 18.9 Å². The van der Waals surface area contributed by atoms with Crippen LogP contribution in [0.5, 0.6) is 28.7 Å². The Labute approximate surface area is 464 Å². The molecule has 7 aromatic rings. The van der Waals surface area contributed by atoms with Crippen molar-refractivity contribution in [3.8, 4) is 28.7 Å². The van der Waals surface area contributed by atoms with E-state index < -0.39 is 27.6 Å². The number of phenolic OH excluding ortho intramolecular Hbond substituents is 1. The monoisotopic (exact) mass is 1040 g/mol. The summed E-state index contributed by atoms with van der Waals surface area (Å²) in [5, 5.41) is 12.1. The topological polar surface area (TPSA) is 74.2 Å². The number of ether oxygens (including phenoxy) is 4. The maximum atomic E-state index is 14.6. The third-order valence-corrected chi connectivity index (χ3v) is 14.0. The van der Waals surface area contributed by atoms with Crippen LogP contribution in [0.15, 0.2) is 205 Å². The largest absolute Gasteiger partial charge is 0.507 e. The van der Waals surface area contributed by atoms with Gasteiger partial charge in [-0.3, -0.25) is 4.79 Å². The van der Waals surface area contributed by atoms with Gasteiger partial charge in [0.05, 0.1) is 0 Å². The number of benzene rings is 7. The first-order chi connectivity index (χ1) is 37.0. The molecule has 0 fully saturated rings. The van der Waals surface area contributed by atoms with Crippen molar-refractivity contribution in [3.63, 3.8) is 0 Å². The number of hydrogen-bond donors (Lipinski definition) is 1.